The number of halogens is 1. The Morgan fingerprint density at radius 3 is 2.28 bits per heavy atom. The maximum atomic E-state index is 13.9. The first-order chi connectivity index (χ1) is 28.7. The fraction of sp³-hybridized carbons (Fsp3) is 0.708. The van der Waals surface area contributed by atoms with Gasteiger partial charge < -0.3 is 18.8 Å². The molecule has 0 aliphatic carbocycles. The molecule has 10 nitrogen and oxygen atoms in total. The number of oxazole rings is 1. The summed E-state index contributed by atoms with van der Waals surface area (Å²) in [5.41, 5.74) is 0.0815. The van der Waals surface area contributed by atoms with Crippen molar-refractivity contribution < 1.29 is 33.1 Å². The summed E-state index contributed by atoms with van der Waals surface area (Å²) in [6, 6.07) is -0.778. The molecule has 2 rings (SSSR count). The van der Waals surface area contributed by atoms with Crippen molar-refractivity contribution in [2.45, 2.75) is 189 Å². The Morgan fingerprint density at radius 2 is 1.74 bits per heavy atom. The Kier molecular flexibility index (Phi) is 24.7. The molecule has 61 heavy (non-hydrogen) atoms. The van der Waals surface area contributed by atoms with Crippen LogP contribution in [0.25, 0.3) is 0 Å². The van der Waals surface area contributed by atoms with E-state index in [4.69, 9.17) is 13.6 Å². The number of likely N-dealkylation sites (tertiary alicyclic amines) is 1. The van der Waals surface area contributed by atoms with Crippen LogP contribution in [0.2, 0.25) is 31.4 Å². The van der Waals surface area contributed by atoms with Crippen molar-refractivity contribution in [3.8, 4) is 0 Å². The molecule has 346 valence electrons. The van der Waals surface area contributed by atoms with Gasteiger partial charge in [0.15, 0.2) is 19.9 Å². The van der Waals surface area contributed by atoms with Crippen LogP contribution >= 0.6 is 15.9 Å². The predicted molar refractivity (Wildman–Crippen MR) is 259 cm³/mol. The molecule has 2 heterocycles. The molecule has 0 unspecified atom stereocenters. The summed E-state index contributed by atoms with van der Waals surface area (Å²) in [6.07, 6.45) is 18.6. The van der Waals surface area contributed by atoms with Crippen molar-refractivity contribution in [2.24, 2.45) is 11.8 Å². The van der Waals surface area contributed by atoms with Gasteiger partial charge in [-0.05, 0) is 48.5 Å². The summed E-state index contributed by atoms with van der Waals surface area (Å²) in [5, 5.41) is 14.1. The molecule has 2 amide bonds. The number of hydrogen-bond donors (Lipinski definition) is 2. The van der Waals surface area contributed by atoms with E-state index in [-0.39, 0.29) is 46.9 Å². The number of amides is 2. The number of carbonyl (C=O) groups excluding carboxylic acids is 3. The van der Waals surface area contributed by atoms with E-state index in [1.807, 2.05) is 32.9 Å². The molecule has 1 aliphatic rings. The fourth-order valence-electron chi connectivity index (χ4n) is 7.81. The molecule has 0 aromatic carbocycles. The van der Waals surface area contributed by atoms with Gasteiger partial charge in [-0.15, -0.1) is 0 Å². The van der Waals surface area contributed by atoms with Crippen LogP contribution < -0.4 is 5.32 Å². The summed E-state index contributed by atoms with van der Waals surface area (Å²) in [7, 11) is -2.12. The van der Waals surface area contributed by atoms with Gasteiger partial charge in [0.2, 0.25) is 0 Å². The van der Waals surface area contributed by atoms with Crippen LogP contribution in [0.1, 0.15) is 143 Å². The molecule has 2 N–H and O–H groups in total. The van der Waals surface area contributed by atoms with Crippen LogP contribution in [0.4, 0.5) is 0 Å². The van der Waals surface area contributed by atoms with Crippen molar-refractivity contribution in [1.82, 2.24) is 15.2 Å². The van der Waals surface area contributed by atoms with Gasteiger partial charge in [0.1, 0.15) is 6.26 Å². The summed E-state index contributed by atoms with van der Waals surface area (Å²) in [6.45, 7) is 28.5. The number of aromatic nitrogens is 1. The predicted octanol–water partition coefficient (Wildman–Crippen LogP) is 11.6. The molecule has 1 fully saturated rings. The van der Waals surface area contributed by atoms with Gasteiger partial charge in [0.05, 0.1) is 18.6 Å². The van der Waals surface area contributed by atoms with Crippen molar-refractivity contribution in [1.29, 1.82) is 0 Å². The summed E-state index contributed by atoms with van der Waals surface area (Å²) in [4.78, 5) is 46.7. The van der Waals surface area contributed by atoms with Gasteiger partial charge >= 0.3 is 208 Å². The molecule has 1 aromatic rings. The van der Waals surface area contributed by atoms with Gasteiger partial charge in [-0.2, -0.15) is 0 Å². The van der Waals surface area contributed by atoms with Crippen LogP contribution in [0.15, 0.2) is 56.2 Å². The number of aliphatic hydroxyl groups excluding tert-OH is 1. The first-order valence-electron chi connectivity index (χ1n) is 23.1. The summed E-state index contributed by atoms with van der Waals surface area (Å²) >= 11 is 1.09. The minimum atomic E-state index is -2.43. The number of esters is 1. The van der Waals surface area contributed by atoms with E-state index < -0.39 is 56.8 Å². The molecule has 1 aliphatic heterocycles. The third-order valence-corrected chi connectivity index (χ3v) is 31.4. The van der Waals surface area contributed by atoms with Gasteiger partial charge in [-0.3, -0.25) is 4.79 Å². The number of aliphatic hydroxyl groups is 1. The SMILES string of the molecule is C=CC[C@H](/C=C/C(=O)NC/C=[CH]/[Sn]([CH2]CCC)([CH2]CCC)[CH2]CCC)[C@H](OC(=O)[C@H]1CCCN1C(=O)c1coc(C[C@@H](O)C[C@@H](/C=C(\C)Br)O[Si](C)(C)C(C)(C)C)n1)C(C)C. The van der Waals surface area contributed by atoms with Crippen LogP contribution in [0.3, 0.4) is 0 Å². The number of nitrogens with zero attached hydrogens (tertiary/aromatic N) is 2. The normalized spacial score (nSPS) is 17.6. The first kappa shape index (κ1) is 55.1. The van der Waals surface area contributed by atoms with E-state index in [0.717, 1.165) is 4.48 Å². The number of unbranched alkanes of at least 4 members (excludes halogenated alkanes) is 3. The van der Waals surface area contributed by atoms with Gasteiger partial charge in [-0.1, -0.05) is 36.7 Å². The third kappa shape index (κ3) is 18.9. The van der Waals surface area contributed by atoms with E-state index in [1.165, 1.54) is 63.0 Å². The molecule has 0 saturated carbocycles. The number of rotatable bonds is 28. The first-order valence-corrected chi connectivity index (χ1v) is 34.5. The summed E-state index contributed by atoms with van der Waals surface area (Å²) < 4.78 is 26.1. The molecule has 0 bridgehead atoms. The van der Waals surface area contributed by atoms with E-state index in [1.54, 1.807) is 12.2 Å². The number of allylic oxidation sites excluding steroid dienone is 2. The molecule has 5 atom stereocenters. The average Bonchev–Trinajstić information content (AvgIpc) is 3.87. The van der Waals surface area contributed by atoms with Crippen LogP contribution in [-0.2, 0) is 25.2 Å². The number of hydrogen-bond acceptors (Lipinski definition) is 8. The Labute approximate surface area is 383 Å². The quantitative estimate of drug-likeness (QED) is 0.0367. The second kappa shape index (κ2) is 27.4. The monoisotopic (exact) mass is 1040 g/mol. The van der Waals surface area contributed by atoms with Gasteiger partial charge in [-0.25, -0.2) is 4.98 Å². The van der Waals surface area contributed by atoms with E-state index in [0.29, 0.717) is 38.8 Å². The second-order valence-corrected chi connectivity index (χ2v) is 38.1. The van der Waals surface area contributed by atoms with Crippen molar-refractivity contribution >= 4 is 60.4 Å². The molecular formula is C48H82BrN3O7SiSn. The number of carbonyl (C=O) groups is 3. The van der Waals surface area contributed by atoms with Crippen LogP contribution in [0.5, 0.6) is 0 Å². The molecule has 0 radical (unpaired) electrons. The minimum absolute atomic E-state index is 0.00259. The zero-order valence-electron chi connectivity index (χ0n) is 39.7. The zero-order valence-corrected chi connectivity index (χ0v) is 45.1. The topological polar surface area (TPSA) is 131 Å². The third-order valence-electron chi connectivity index (χ3n) is 12.4. The molecule has 0 spiro atoms. The Morgan fingerprint density at radius 1 is 1.11 bits per heavy atom. The molecule has 1 aromatic heterocycles. The number of nitrogens with one attached hydrogen (secondary N) is 1. The van der Waals surface area contributed by atoms with Crippen molar-refractivity contribution in [3.05, 3.63) is 63.4 Å². The molecule has 1 saturated heterocycles. The maximum absolute atomic E-state index is 13.9. The van der Waals surface area contributed by atoms with Crippen LogP contribution in [0, 0.1) is 11.8 Å². The second-order valence-electron chi connectivity index (χ2n) is 19.1. The van der Waals surface area contributed by atoms with E-state index in [2.05, 4.69) is 97.6 Å². The molecule has 13 heteroatoms. The fourth-order valence-corrected chi connectivity index (χ4v) is 23.8. The van der Waals surface area contributed by atoms with Crippen molar-refractivity contribution in [3.63, 3.8) is 0 Å². The van der Waals surface area contributed by atoms with Gasteiger partial charge in [0, 0.05) is 13.0 Å². The average molecular weight is 1040 g/mol. The van der Waals surface area contributed by atoms with E-state index >= 15 is 0 Å². The zero-order chi connectivity index (χ0) is 45.8. The number of ether oxygens (including phenoxy) is 1. The molecular weight excluding hydrogens is 957 g/mol. The Bertz CT molecular complexity index is 1580. The van der Waals surface area contributed by atoms with E-state index in [9.17, 15) is 19.5 Å². The Hall–Kier alpha value is -2.00. The van der Waals surface area contributed by atoms with Gasteiger partial charge in [0.25, 0.3) is 5.91 Å². The summed E-state index contributed by atoms with van der Waals surface area (Å²) in [5.74, 6) is -1.18. The Balaban J connectivity index is 2.11. The van der Waals surface area contributed by atoms with Crippen molar-refractivity contribution in [2.75, 3.05) is 13.1 Å². The standard InChI is InChI=1S/C36H55BrN3O7Si.3C4H9.Sn/c1-11-14-26(16-17-31(42)38-18-12-2)33(24(3)4)46-35(44)30-15-13-19-40(30)34(43)29-23-45-32(39-29)22-27(41)21-28(20-25(5)37)47-48(9,10)36(6,7)8;3*1-3-4-2;/h2,11-12,16-17,20,23-24,26-28,30,33,41H,1,13-15,18-19,21-22H2,3-10H3,(H,38,42);3*1,3-4H2,2H3;/b12-2?,17-16+,25-20+;;;;/t26-,27+,28-,30-,33-;;;;/m1..../s1. The van der Waals surface area contributed by atoms with Crippen LogP contribution in [-0.4, -0.2) is 96.9 Å².